The number of hydrogen-bond donors (Lipinski definition) is 1. The van der Waals surface area contributed by atoms with Crippen molar-refractivity contribution in [3.8, 4) is 5.88 Å². The van der Waals surface area contributed by atoms with E-state index >= 15 is 0 Å². The first kappa shape index (κ1) is 28.9. The van der Waals surface area contributed by atoms with Crippen LogP contribution in [0.4, 0.5) is 5.95 Å². The Balaban J connectivity index is 1.60. The molecule has 15 heteroatoms. The molecule has 1 saturated heterocycles. The van der Waals surface area contributed by atoms with E-state index in [0.29, 0.717) is 24.9 Å². The molecular weight excluding hydrogens is 509 g/mol. The number of ether oxygens (including phenoxy) is 3. The second-order valence-corrected chi connectivity index (χ2v) is 9.95. The Morgan fingerprint density at radius 2 is 1.92 bits per heavy atom. The number of carbonyl (C=O) groups excluding carboxylic acids is 2. The molecule has 37 heavy (non-hydrogen) atoms. The van der Waals surface area contributed by atoms with Gasteiger partial charge in [-0.1, -0.05) is 26.7 Å². The Hall–Kier alpha value is -2.64. The summed E-state index contributed by atoms with van der Waals surface area (Å²) in [5.74, 6) is -1.05. The number of aromatic nitrogens is 4. The minimum Gasteiger partial charge on any atom is -0.463 e. The van der Waals surface area contributed by atoms with Crippen molar-refractivity contribution in [2.45, 2.75) is 71.6 Å². The van der Waals surface area contributed by atoms with Gasteiger partial charge < -0.3 is 19.9 Å². The standard InChI is InChI=1S/C22H34N5O9P/c1-4-6-7-10-32-37(30,33-12-11-31-18(29)5-2)34-13-16-8-9-17(36-16)27-14-24-19-20(27)25-22(23)26-21(19)35-15(3)28/h14,16-17H,4-13H2,1-3H3,(H2,23,25,26)/t16-,17+,37?/m0/s1. The van der Waals surface area contributed by atoms with E-state index in [-0.39, 0.29) is 56.2 Å². The number of nitrogens with two attached hydrogens (primary N) is 1. The summed E-state index contributed by atoms with van der Waals surface area (Å²) in [5.41, 5.74) is 6.41. The Kier molecular flexibility index (Phi) is 10.8. The monoisotopic (exact) mass is 543 g/mol. The van der Waals surface area contributed by atoms with Gasteiger partial charge in [0.2, 0.25) is 5.95 Å². The molecular formula is C22H34N5O9P. The van der Waals surface area contributed by atoms with Gasteiger partial charge in [-0.15, -0.1) is 0 Å². The van der Waals surface area contributed by atoms with Crippen LogP contribution in [0.1, 0.15) is 65.5 Å². The average Bonchev–Trinajstić information content (AvgIpc) is 3.50. The number of unbranched alkanes of at least 4 members (excludes halogenated alkanes) is 2. The first-order valence-corrected chi connectivity index (χ1v) is 13.7. The van der Waals surface area contributed by atoms with Crippen LogP contribution in [0.3, 0.4) is 0 Å². The van der Waals surface area contributed by atoms with E-state index in [0.717, 1.165) is 12.8 Å². The number of carbonyl (C=O) groups is 2. The van der Waals surface area contributed by atoms with Crippen LogP contribution in [-0.4, -0.2) is 64.0 Å². The zero-order chi connectivity index (χ0) is 26.8. The molecule has 1 unspecified atom stereocenters. The highest BCUT2D eigenvalue weighted by Gasteiger charge is 2.33. The van der Waals surface area contributed by atoms with E-state index in [9.17, 15) is 14.2 Å². The second kappa shape index (κ2) is 13.8. The van der Waals surface area contributed by atoms with Crippen molar-refractivity contribution in [1.82, 2.24) is 19.5 Å². The van der Waals surface area contributed by atoms with Gasteiger partial charge in [-0.25, -0.2) is 9.55 Å². The normalized spacial score (nSPS) is 19.1. The smallest absolute Gasteiger partial charge is 0.463 e. The van der Waals surface area contributed by atoms with Crippen molar-refractivity contribution in [2.75, 3.05) is 32.2 Å². The van der Waals surface area contributed by atoms with Gasteiger partial charge >= 0.3 is 19.8 Å². The van der Waals surface area contributed by atoms with Crippen molar-refractivity contribution in [1.29, 1.82) is 0 Å². The molecule has 1 fully saturated rings. The summed E-state index contributed by atoms with van der Waals surface area (Å²) >= 11 is 0. The van der Waals surface area contributed by atoms with E-state index in [1.807, 2.05) is 6.92 Å². The summed E-state index contributed by atoms with van der Waals surface area (Å²) < 4.78 is 47.4. The molecule has 0 aliphatic carbocycles. The molecule has 2 N–H and O–H groups in total. The topological polar surface area (TPSA) is 176 Å². The summed E-state index contributed by atoms with van der Waals surface area (Å²) in [6.07, 6.45) is 4.62. The number of anilines is 1. The van der Waals surface area contributed by atoms with Crippen LogP contribution in [0.25, 0.3) is 11.2 Å². The molecule has 3 heterocycles. The number of imidazole rings is 1. The number of phosphoric ester groups is 1. The third-order valence-electron chi connectivity index (χ3n) is 5.34. The van der Waals surface area contributed by atoms with Crippen LogP contribution in [-0.2, 0) is 37.2 Å². The Bertz CT molecular complexity index is 1110. The summed E-state index contributed by atoms with van der Waals surface area (Å²) in [6, 6.07) is 0. The van der Waals surface area contributed by atoms with Gasteiger partial charge in [-0.3, -0.25) is 27.7 Å². The number of phosphoric acid groups is 1. The maximum atomic E-state index is 13.1. The molecule has 3 atom stereocenters. The first-order valence-electron chi connectivity index (χ1n) is 12.3. The lowest BCUT2D eigenvalue weighted by Crippen LogP contribution is -2.18. The molecule has 3 rings (SSSR count). The van der Waals surface area contributed by atoms with Crippen LogP contribution in [0.15, 0.2) is 6.33 Å². The van der Waals surface area contributed by atoms with Gasteiger partial charge in [0.25, 0.3) is 5.88 Å². The summed E-state index contributed by atoms with van der Waals surface area (Å²) in [4.78, 5) is 35.1. The van der Waals surface area contributed by atoms with Crippen LogP contribution in [0.2, 0.25) is 0 Å². The number of rotatable bonds is 15. The van der Waals surface area contributed by atoms with Gasteiger partial charge in [-0.05, 0) is 19.3 Å². The lowest BCUT2D eigenvalue weighted by molar-refractivity contribution is -0.144. The fourth-order valence-corrected chi connectivity index (χ4v) is 4.78. The Morgan fingerprint density at radius 1 is 1.14 bits per heavy atom. The van der Waals surface area contributed by atoms with Crippen molar-refractivity contribution < 1.29 is 41.9 Å². The van der Waals surface area contributed by atoms with Gasteiger partial charge in [0.15, 0.2) is 11.2 Å². The zero-order valence-electron chi connectivity index (χ0n) is 21.3. The lowest BCUT2D eigenvalue weighted by atomic mass is 10.2. The number of nitrogens with zero attached hydrogens (tertiary/aromatic N) is 4. The largest absolute Gasteiger partial charge is 0.474 e. The Morgan fingerprint density at radius 3 is 2.65 bits per heavy atom. The number of fused-ring (bicyclic) bond motifs is 1. The highest BCUT2D eigenvalue weighted by molar-refractivity contribution is 7.48. The van der Waals surface area contributed by atoms with Crippen LogP contribution in [0, 0.1) is 0 Å². The Labute approximate surface area is 214 Å². The van der Waals surface area contributed by atoms with E-state index in [2.05, 4.69) is 15.0 Å². The van der Waals surface area contributed by atoms with E-state index in [4.69, 9.17) is 33.5 Å². The maximum Gasteiger partial charge on any atom is 0.474 e. The van der Waals surface area contributed by atoms with Gasteiger partial charge in [0.1, 0.15) is 12.8 Å². The third kappa shape index (κ3) is 8.44. The summed E-state index contributed by atoms with van der Waals surface area (Å²) in [7, 11) is -3.90. The lowest BCUT2D eigenvalue weighted by Gasteiger charge is -2.20. The van der Waals surface area contributed by atoms with Gasteiger partial charge in [0.05, 0.1) is 32.3 Å². The van der Waals surface area contributed by atoms with Crippen molar-refractivity contribution in [2.24, 2.45) is 0 Å². The summed E-state index contributed by atoms with van der Waals surface area (Å²) in [6.45, 7) is 4.95. The number of hydrogen-bond acceptors (Lipinski definition) is 13. The predicted molar refractivity (Wildman–Crippen MR) is 130 cm³/mol. The molecule has 2 aromatic heterocycles. The van der Waals surface area contributed by atoms with Crippen LogP contribution >= 0.6 is 7.82 Å². The molecule has 1 aliphatic heterocycles. The predicted octanol–water partition coefficient (Wildman–Crippen LogP) is 3.31. The molecule has 0 bridgehead atoms. The number of nitrogen functional groups attached to an aromatic ring is 1. The number of esters is 2. The molecule has 14 nitrogen and oxygen atoms in total. The van der Waals surface area contributed by atoms with Gasteiger partial charge in [-0.2, -0.15) is 9.97 Å². The highest BCUT2D eigenvalue weighted by atomic mass is 31.2. The van der Waals surface area contributed by atoms with Crippen LogP contribution in [0.5, 0.6) is 5.88 Å². The highest BCUT2D eigenvalue weighted by Crippen LogP contribution is 2.50. The quantitative estimate of drug-likeness (QED) is 0.197. The SMILES string of the molecule is CCCCCOP(=O)(OCCOC(=O)CC)OC[C@@H]1CC[C@H](n2cnc3c(OC(C)=O)nc(N)nc32)O1. The molecule has 0 saturated carbocycles. The van der Waals surface area contributed by atoms with E-state index in [1.54, 1.807) is 11.5 Å². The molecule has 0 spiro atoms. The molecule has 1 aliphatic rings. The van der Waals surface area contributed by atoms with E-state index < -0.39 is 26.1 Å². The zero-order valence-corrected chi connectivity index (χ0v) is 22.2. The average molecular weight is 544 g/mol. The van der Waals surface area contributed by atoms with Crippen molar-refractivity contribution in [3.05, 3.63) is 6.33 Å². The first-order chi connectivity index (χ1) is 17.7. The van der Waals surface area contributed by atoms with Crippen molar-refractivity contribution in [3.63, 3.8) is 0 Å². The second-order valence-electron chi connectivity index (χ2n) is 8.29. The molecule has 0 aromatic carbocycles. The van der Waals surface area contributed by atoms with Gasteiger partial charge in [0, 0.05) is 13.3 Å². The molecule has 0 radical (unpaired) electrons. The van der Waals surface area contributed by atoms with Crippen LogP contribution < -0.4 is 10.5 Å². The third-order valence-corrected chi connectivity index (χ3v) is 6.81. The summed E-state index contributed by atoms with van der Waals surface area (Å²) in [5, 5.41) is 0. The maximum absolute atomic E-state index is 13.1. The fourth-order valence-electron chi connectivity index (χ4n) is 3.56. The fraction of sp³-hybridized carbons (Fsp3) is 0.682. The molecule has 0 amide bonds. The molecule has 206 valence electrons. The van der Waals surface area contributed by atoms with Crippen molar-refractivity contribution >= 4 is 36.9 Å². The minimum atomic E-state index is -3.90. The minimum absolute atomic E-state index is 0.0328. The molecule has 2 aromatic rings. The van der Waals surface area contributed by atoms with E-state index in [1.165, 1.54) is 13.3 Å².